The molecule has 2 fully saturated rings. The van der Waals surface area contributed by atoms with Crippen molar-refractivity contribution in [2.45, 2.75) is 31.0 Å². The highest BCUT2D eigenvalue weighted by molar-refractivity contribution is 7.46. The molecular weight excluding hydrogens is 309 g/mol. The van der Waals surface area contributed by atoms with Gasteiger partial charge in [-0.2, -0.15) is 0 Å². The summed E-state index contributed by atoms with van der Waals surface area (Å²) in [6.07, 6.45) is -5.05. The minimum Gasteiger partial charge on any atom is -0.387 e. The number of hydrogen-bond acceptors (Lipinski definition) is 7. The Morgan fingerprint density at radius 3 is 2.67 bits per heavy atom. The van der Waals surface area contributed by atoms with Gasteiger partial charge in [0, 0.05) is 13.0 Å². The van der Waals surface area contributed by atoms with Crippen molar-refractivity contribution in [3.05, 3.63) is 0 Å². The van der Waals surface area contributed by atoms with Crippen LogP contribution >= 0.6 is 7.82 Å². The number of carbonyl (C=O) groups is 1. The normalized spacial score (nSPS) is 34.2. The minimum atomic E-state index is -4.73. The van der Waals surface area contributed by atoms with Gasteiger partial charge in [0.25, 0.3) is 0 Å². The third-order valence-corrected chi connectivity index (χ3v) is 3.66. The number of amidine groups is 1. The first-order chi connectivity index (χ1) is 9.69. The van der Waals surface area contributed by atoms with E-state index in [0.717, 1.165) is 4.90 Å². The molecule has 2 aliphatic heterocycles. The number of hydrogen-bond donors (Lipinski definition) is 6. The molecule has 2 saturated heterocycles. The summed E-state index contributed by atoms with van der Waals surface area (Å²) in [4.78, 5) is 30.0. The van der Waals surface area contributed by atoms with Crippen molar-refractivity contribution >= 4 is 19.7 Å². The van der Waals surface area contributed by atoms with Gasteiger partial charge in [0.2, 0.25) is 0 Å². The minimum absolute atomic E-state index is 0.0330. The van der Waals surface area contributed by atoms with Crippen LogP contribution in [0.1, 0.15) is 6.42 Å². The van der Waals surface area contributed by atoms with Crippen LogP contribution in [0, 0.1) is 5.41 Å². The van der Waals surface area contributed by atoms with Crippen molar-refractivity contribution in [1.29, 1.82) is 5.41 Å². The highest BCUT2D eigenvalue weighted by Gasteiger charge is 2.48. The summed E-state index contributed by atoms with van der Waals surface area (Å²) in [6, 6.07) is -0.654. The van der Waals surface area contributed by atoms with E-state index in [1.54, 1.807) is 0 Å². The number of amides is 2. The zero-order valence-electron chi connectivity index (χ0n) is 10.7. The molecule has 2 heterocycles. The van der Waals surface area contributed by atoms with Gasteiger partial charge in [-0.1, -0.05) is 0 Å². The van der Waals surface area contributed by atoms with Crippen LogP contribution in [0.4, 0.5) is 4.79 Å². The lowest BCUT2D eigenvalue weighted by Gasteiger charge is -2.33. The number of nitrogens with one attached hydrogen (secondary N) is 2. The fraction of sp³-hybridized carbons (Fsp3) is 0.778. The second-order valence-corrected chi connectivity index (χ2v) is 5.92. The molecule has 4 unspecified atom stereocenters. The molecule has 0 bridgehead atoms. The van der Waals surface area contributed by atoms with E-state index < -0.39 is 45.0 Å². The number of urea groups is 1. The van der Waals surface area contributed by atoms with Gasteiger partial charge in [-0.05, 0) is 0 Å². The molecular formula is C9H16N3O8P. The van der Waals surface area contributed by atoms with E-state index in [0.29, 0.717) is 0 Å². The smallest absolute Gasteiger partial charge is 0.387 e. The maximum atomic E-state index is 11.7. The van der Waals surface area contributed by atoms with Crippen LogP contribution in [0.15, 0.2) is 0 Å². The predicted octanol–water partition coefficient (Wildman–Crippen LogP) is -2.07. The first-order valence-corrected chi connectivity index (χ1v) is 7.59. The number of phosphoric acid groups is 1. The van der Waals surface area contributed by atoms with Crippen molar-refractivity contribution in [1.82, 2.24) is 10.2 Å². The van der Waals surface area contributed by atoms with Crippen molar-refractivity contribution in [2.24, 2.45) is 0 Å². The second-order valence-electron chi connectivity index (χ2n) is 4.68. The van der Waals surface area contributed by atoms with Crippen molar-refractivity contribution < 1.29 is 38.6 Å². The summed E-state index contributed by atoms with van der Waals surface area (Å²) >= 11 is 0. The van der Waals surface area contributed by atoms with Crippen molar-refractivity contribution in [3.63, 3.8) is 0 Å². The molecule has 0 aliphatic carbocycles. The molecule has 0 spiro atoms. The molecule has 120 valence electrons. The van der Waals surface area contributed by atoms with Crippen LogP contribution < -0.4 is 5.32 Å². The van der Waals surface area contributed by atoms with Crippen LogP contribution in [-0.2, 0) is 13.8 Å². The number of carbonyl (C=O) groups excluding carboxylic acids is 1. The van der Waals surface area contributed by atoms with Crippen LogP contribution in [0.5, 0.6) is 0 Å². The maximum Gasteiger partial charge on any atom is 0.469 e. The van der Waals surface area contributed by atoms with Gasteiger partial charge in [0.1, 0.15) is 24.1 Å². The maximum absolute atomic E-state index is 11.7. The van der Waals surface area contributed by atoms with Crippen molar-refractivity contribution in [2.75, 3.05) is 13.2 Å². The molecule has 0 radical (unpaired) electrons. The molecule has 2 rings (SSSR count). The SMILES string of the molecule is N=C1CCN(C2OC(COP(=O)(O)O)C(O)C2O)C(=O)N1. The predicted molar refractivity (Wildman–Crippen MR) is 66.3 cm³/mol. The van der Waals surface area contributed by atoms with Gasteiger partial charge >= 0.3 is 13.9 Å². The molecule has 2 aliphatic rings. The molecule has 0 saturated carbocycles. The first kappa shape index (κ1) is 16.3. The Labute approximate surface area is 119 Å². The summed E-state index contributed by atoms with van der Waals surface area (Å²) in [5.74, 6) is 0.0330. The summed E-state index contributed by atoms with van der Waals surface area (Å²) in [7, 11) is -4.73. The molecule has 6 N–H and O–H groups in total. The van der Waals surface area contributed by atoms with Gasteiger partial charge in [0.15, 0.2) is 6.23 Å². The Hall–Kier alpha value is -1.07. The summed E-state index contributed by atoms with van der Waals surface area (Å²) in [5.41, 5.74) is 0. The number of phosphoric ester groups is 1. The summed E-state index contributed by atoms with van der Waals surface area (Å²) < 4.78 is 20.1. The van der Waals surface area contributed by atoms with E-state index in [-0.39, 0.29) is 18.8 Å². The molecule has 0 aromatic heterocycles. The van der Waals surface area contributed by atoms with Crippen LogP contribution in [-0.4, -0.2) is 74.5 Å². The molecule has 0 aromatic carbocycles. The van der Waals surface area contributed by atoms with Crippen LogP contribution in [0.3, 0.4) is 0 Å². The summed E-state index contributed by atoms with van der Waals surface area (Å²) in [5, 5.41) is 29.3. The van der Waals surface area contributed by atoms with E-state index in [9.17, 15) is 19.6 Å². The Balaban J connectivity index is 2.01. The first-order valence-electron chi connectivity index (χ1n) is 6.06. The van der Waals surface area contributed by atoms with Gasteiger partial charge in [-0.15, -0.1) is 0 Å². The molecule has 2 amide bonds. The standard InChI is InChI=1S/C9H16N3O8P/c10-5-1-2-12(9(15)11-5)8-7(14)6(13)4(20-8)3-19-21(16,17)18/h4,6-8,13-14H,1-3H2,(H2,10,11,15)(H2,16,17,18). The molecule has 0 aromatic rings. The van der Waals surface area contributed by atoms with Gasteiger partial charge < -0.3 is 24.7 Å². The third-order valence-electron chi connectivity index (χ3n) is 3.17. The van der Waals surface area contributed by atoms with E-state index >= 15 is 0 Å². The highest BCUT2D eigenvalue weighted by Crippen LogP contribution is 2.37. The quantitative estimate of drug-likeness (QED) is 0.320. The molecule has 4 atom stereocenters. The Morgan fingerprint density at radius 1 is 1.43 bits per heavy atom. The third kappa shape index (κ3) is 3.77. The lowest BCUT2D eigenvalue weighted by Crippen LogP contribution is -2.56. The van der Waals surface area contributed by atoms with E-state index in [2.05, 4.69) is 9.84 Å². The topological polar surface area (TPSA) is 173 Å². The number of aliphatic hydroxyl groups is 2. The average Bonchev–Trinajstić information content (AvgIpc) is 2.64. The fourth-order valence-electron chi connectivity index (χ4n) is 2.13. The Morgan fingerprint density at radius 2 is 2.10 bits per heavy atom. The number of ether oxygens (including phenoxy) is 1. The van der Waals surface area contributed by atoms with Crippen molar-refractivity contribution in [3.8, 4) is 0 Å². The summed E-state index contributed by atoms with van der Waals surface area (Å²) in [6.45, 7) is -0.518. The van der Waals surface area contributed by atoms with Gasteiger partial charge in [0.05, 0.1) is 6.61 Å². The molecule has 11 nitrogen and oxygen atoms in total. The van der Waals surface area contributed by atoms with Crippen LogP contribution in [0.25, 0.3) is 0 Å². The van der Waals surface area contributed by atoms with Gasteiger partial charge in [-0.3, -0.25) is 20.1 Å². The van der Waals surface area contributed by atoms with E-state index in [4.69, 9.17) is 19.9 Å². The zero-order valence-corrected chi connectivity index (χ0v) is 11.6. The fourth-order valence-corrected chi connectivity index (χ4v) is 2.48. The Kier molecular flexibility index (Phi) is 4.63. The monoisotopic (exact) mass is 325 g/mol. The highest BCUT2D eigenvalue weighted by atomic mass is 31.2. The largest absolute Gasteiger partial charge is 0.469 e. The molecule has 21 heavy (non-hydrogen) atoms. The van der Waals surface area contributed by atoms with Crippen LogP contribution in [0.2, 0.25) is 0 Å². The number of aliphatic hydroxyl groups excluding tert-OH is 2. The zero-order chi connectivity index (χ0) is 15.8. The number of nitrogens with zero attached hydrogens (tertiary/aromatic N) is 1. The second kappa shape index (κ2) is 5.97. The van der Waals surface area contributed by atoms with E-state index in [1.807, 2.05) is 0 Å². The molecule has 12 heteroatoms. The van der Waals surface area contributed by atoms with E-state index in [1.165, 1.54) is 0 Å². The Bertz CT molecular complexity index is 482. The average molecular weight is 325 g/mol. The number of rotatable bonds is 4. The van der Waals surface area contributed by atoms with Gasteiger partial charge in [-0.25, -0.2) is 9.36 Å². The lowest BCUT2D eigenvalue weighted by molar-refractivity contribution is -0.0786. The lowest BCUT2D eigenvalue weighted by atomic mass is 10.1.